The third-order valence-corrected chi connectivity index (χ3v) is 4.90. The summed E-state index contributed by atoms with van der Waals surface area (Å²) in [5.41, 5.74) is 0.662. The molecule has 6 heteroatoms. The molecule has 0 fully saturated rings. The lowest BCUT2D eigenvalue weighted by atomic mass is 10.2. The van der Waals surface area contributed by atoms with Gasteiger partial charge in [-0.05, 0) is 31.4 Å². The van der Waals surface area contributed by atoms with Gasteiger partial charge in [0, 0.05) is 19.6 Å². The highest BCUT2D eigenvalue weighted by atomic mass is 32.2. The molecule has 0 N–H and O–H groups in total. The third kappa shape index (κ3) is 4.84. The fourth-order valence-electron chi connectivity index (χ4n) is 2.80. The van der Waals surface area contributed by atoms with Gasteiger partial charge in [-0.2, -0.15) is 0 Å². The monoisotopic (exact) mass is 361 g/mol. The van der Waals surface area contributed by atoms with E-state index in [4.69, 9.17) is 0 Å². The van der Waals surface area contributed by atoms with E-state index in [1.807, 2.05) is 30.0 Å². The van der Waals surface area contributed by atoms with Gasteiger partial charge in [0.15, 0.2) is 5.16 Å². The Bertz CT molecular complexity index is 767. The molecule has 2 aromatic rings. The van der Waals surface area contributed by atoms with Crippen LogP contribution in [0, 0.1) is 0 Å². The second-order valence-corrected chi connectivity index (χ2v) is 6.98. The lowest BCUT2D eigenvalue weighted by Crippen LogP contribution is -2.34. The highest BCUT2D eigenvalue weighted by molar-refractivity contribution is 7.99. The molecule has 0 saturated carbocycles. The molecule has 0 bridgehead atoms. The Kier molecular flexibility index (Phi) is 7.50. The minimum absolute atomic E-state index is 0.0265. The van der Waals surface area contributed by atoms with Gasteiger partial charge in [0.2, 0.25) is 5.91 Å². The van der Waals surface area contributed by atoms with E-state index in [2.05, 4.69) is 18.8 Å². The molecule has 0 aliphatic rings. The Morgan fingerprint density at radius 1 is 1.12 bits per heavy atom. The van der Waals surface area contributed by atoms with Crippen LogP contribution in [0.5, 0.6) is 0 Å². The molecule has 1 aromatic heterocycles. The molecule has 0 spiro atoms. The Balaban J connectivity index is 2.26. The van der Waals surface area contributed by atoms with Crippen molar-refractivity contribution in [2.24, 2.45) is 0 Å². The van der Waals surface area contributed by atoms with Crippen LogP contribution in [0.15, 0.2) is 34.2 Å². The zero-order valence-corrected chi connectivity index (χ0v) is 16.1. The molecule has 0 saturated heterocycles. The molecular weight excluding hydrogens is 334 g/mol. The molecule has 0 aliphatic carbocycles. The molecular formula is C19H27N3O2S. The molecule has 1 amide bonds. The van der Waals surface area contributed by atoms with Gasteiger partial charge >= 0.3 is 0 Å². The van der Waals surface area contributed by atoms with Crippen LogP contribution in [0.3, 0.4) is 0 Å². The first-order valence-electron chi connectivity index (χ1n) is 9.02. The number of carbonyl (C=O) groups excluding carboxylic acids is 1. The van der Waals surface area contributed by atoms with E-state index in [0.29, 0.717) is 28.4 Å². The van der Waals surface area contributed by atoms with Gasteiger partial charge in [0.1, 0.15) is 0 Å². The standard InChI is InChI=1S/C19H27N3O2S/c1-4-11-21(12-5-2)17(23)14-25-19-20-16-10-8-7-9-15(16)18(24)22(19)13-6-3/h7-10H,4-6,11-14H2,1-3H3. The van der Waals surface area contributed by atoms with E-state index in [1.165, 1.54) is 11.8 Å². The molecule has 1 aromatic carbocycles. The number of nitrogens with zero attached hydrogens (tertiary/aromatic N) is 3. The van der Waals surface area contributed by atoms with Gasteiger partial charge in [0.05, 0.1) is 16.7 Å². The molecule has 25 heavy (non-hydrogen) atoms. The summed E-state index contributed by atoms with van der Waals surface area (Å²) in [6.45, 7) is 8.35. The van der Waals surface area contributed by atoms with Crippen LogP contribution in [0.1, 0.15) is 40.0 Å². The number of amides is 1. The second kappa shape index (κ2) is 9.61. The van der Waals surface area contributed by atoms with E-state index < -0.39 is 0 Å². The molecule has 2 rings (SSSR count). The van der Waals surface area contributed by atoms with Gasteiger partial charge in [-0.25, -0.2) is 4.98 Å². The predicted octanol–water partition coefficient (Wildman–Crippen LogP) is 3.55. The fourth-order valence-corrected chi connectivity index (χ4v) is 3.73. The molecule has 136 valence electrons. The minimum atomic E-state index is -0.0265. The van der Waals surface area contributed by atoms with Crippen LogP contribution in [0.2, 0.25) is 0 Å². The van der Waals surface area contributed by atoms with E-state index in [0.717, 1.165) is 32.4 Å². The van der Waals surface area contributed by atoms with Crippen molar-refractivity contribution in [1.29, 1.82) is 0 Å². The molecule has 0 unspecified atom stereocenters. The van der Waals surface area contributed by atoms with Crippen LogP contribution in [0.4, 0.5) is 0 Å². The van der Waals surface area contributed by atoms with Crippen molar-refractivity contribution in [1.82, 2.24) is 14.5 Å². The predicted molar refractivity (Wildman–Crippen MR) is 104 cm³/mol. The number of benzene rings is 1. The second-order valence-electron chi connectivity index (χ2n) is 6.04. The Hall–Kier alpha value is -1.82. The van der Waals surface area contributed by atoms with Crippen LogP contribution in [-0.4, -0.2) is 39.2 Å². The molecule has 0 aliphatic heterocycles. The number of para-hydroxylation sites is 1. The van der Waals surface area contributed by atoms with Crippen LogP contribution in [0.25, 0.3) is 10.9 Å². The summed E-state index contributed by atoms with van der Waals surface area (Å²) in [6.07, 6.45) is 2.75. The number of fused-ring (bicyclic) bond motifs is 1. The summed E-state index contributed by atoms with van der Waals surface area (Å²) >= 11 is 1.36. The number of rotatable bonds is 9. The van der Waals surface area contributed by atoms with Crippen LogP contribution in [-0.2, 0) is 11.3 Å². The molecule has 0 radical (unpaired) electrons. The SMILES string of the molecule is CCCN(CCC)C(=O)CSc1nc2ccccc2c(=O)n1CCC. The quantitative estimate of drug-likeness (QED) is 0.506. The first-order valence-corrected chi connectivity index (χ1v) is 10.0. The molecule has 1 heterocycles. The maximum Gasteiger partial charge on any atom is 0.262 e. The molecule has 5 nitrogen and oxygen atoms in total. The fraction of sp³-hybridized carbons (Fsp3) is 0.526. The Morgan fingerprint density at radius 2 is 1.80 bits per heavy atom. The van der Waals surface area contributed by atoms with Gasteiger partial charge in [0.25, 0.3) is 5.56 Å². The van der Waals surface area contributed by atoms with Crippen molar-refractivity contribution in [2.45, 2.75) is 51.7 Å². The Labute approximate surface area is 153 Å². The van der Waals surface area contributed by atoms with Crippen molar-refractivity contribution in [3.8, 4) is 0 Å². The number of hydrogen-bond acceptors (Lipinski definition) is 4. The average molecular weight is 362 g/mol. The number of aromatic nitrogens is 2. The zero-order valence-electron chi connectivity index (χ0n) is 15.3. The summed E-state index contributed by atoms with van der Waals surface area (Å²) in [6, 6.07) is 7.38. The van der Waals surface area contributed by atoms with E-state index >= 15 is 0 Å². The number of thioether (sulfide) groups is 1. The first kappa shape index (κ1) is 19.5. The summed E-state index contributed by atoms with van der Waals surface area (Å²) in [5, 5.41) is 1.26. The van der Waals surface area contributed by atoms with Gasteiger partial charge in [-0.3, -0.25) is 14.2 Å². The smallest absolute Gasteiger partial charge is 0.262 e. The van der Waals surface area contributed by atoms with Crippen LogP contribution >= 0.6 is 11.8 Å². The lowest BCUT2D eigenvalue weighted by Gasteiger charge is -2.21. The highest BCUT2D eigenvalue weighted by Gasteiger charge is 2.16. The van der Waals surface area contributed by atoms with Gasteiger partial charge < -0.3 is 4.90 Å². The zero-order chi connectivity index (χ0) is 18.2. The lowest BCUT2D eigenvalue weighted by molar-refractivity contribution is -0.128. The van der Waals surface area contributed by atoms with Gasteiger partial charge in [-0.15, -0.1) is 0 Å². The van der Waals surface area contributed by atoms with Crippen molar-refractivity contribution in [3.05, 3.63) is 34.6 Å². The topological polar surface area (TPSA) is 55.2 Å². The highest BCUT2D eigenvalue weighted by Crippen LogP contribution is 2.19. The van der Waals surface area contributed by atoms with Crippen molar-refractivity contribution < 1.29 is 4.79 Å². The maximum absolute atomic E-state index is 12.7. The van der Waals surface area contributed by atoms with Crippen LogP contribution < -0.4 is 5.56 Å². The average Bonchev–Trinajstić information content (AvgIpc) is 2.62. The summed E-state index contributed by atoms with van der Waals surface area (Å²) in [7, 11) is 0. The van der Waals surface area contributed by atoms with Crippen molar-refractivity contribution >= 4 is 28.6 Å². The normalized spacial score (nSPS) is 11.0. The van der Waals surface area contributed by atoms with Gasteiger partial charge in [-0.1, -0.05) is 44.7 Å². The number of carbonyl (C=O) groups is 1. The third-order valence-electron chi connectivity index (χ3n) is 3.94. The van der Waals surface area contributed by atoms with Crippen molar-refractivity contribution in [3.63, 3.8) is 0 Å². The van der Waals surface area contributed by atoms with E-state index in [1.54, 1.807) is 10.6 Å². The van der Waals surface area contributed by atoms with Crippen molar-refractivity contribution in [2.75, 3.05) is 18.8 Å². The minimum Gasteiger partial charge on any atom is -0.342 e. The summed E-state index contributed by atoms with van der Waals surface area (Å²) in [5.74, 6) is 0.424. The molecule has 0 atom stereocenters. The van der Waals surface area contributed by atoms with E-state index in [-0.39, 0.29) is 11.5 Å². The number of hydrogen-bond donors (Lipinski definition) is 0. The largest absolute Gasteiger partial charge is 0.342 e. The Morgan fingerprint density at radius 3 is 2.44 bits per heavy atom. The summed E-state index contributed by atoms with van der Waals surface area (Å²) in [4.78, 5) is 31.8. The maximum atomic E-state index is 12.7. The van der Waals surface area contributed by atoms with E-state index in [9.17, 15) is 9.59 Å². The summed E-state index contributed by atoms with van der Waals surface area (Å²) < 4.78 is 1.70. The first-order chi connectivity index (χ1) is 12.1.